The number of amides is 1. The van der Waals surface area contributed by atoms with Crippen LogP contribution in [0.4, 0.5) is 0 Å². The van der Waals surface area contributed by atoms with Crippen LogP contribution in [0.25, 0.3) is 11.1 Å². The summed E-state index contributed by atoms with van der Waals surface area (Å²) in [4.78, 5) is 13.7. The predicted octanol–water partition coefficient (Wildman–Crippen LogP) is 6.83. The Kier molecular flexibility index (Phi) is 12.9. The molecule has 57 heavy (non-hydrogen) atoms. The zero-order chi connectivity index (χ0) is 39.8. The van der Waals surface area contributed by atoms with E-state index < -0.39 is 28.3 Å². The molecule has 1 aromatic heterocycles. The quantitative estimate of drug-likeness (QED) is 0.0953. The lowest BCUT2D eigenvalue weighted by molar-refractivity contribution is -0.245. The molecule has 6 aromatic rings. The van der Waals surface area contributed by atoms with Crippen molar-refractivity contribution in [3.63, 3.8) is 0 Å². The van der Waals surface area contributed by atoms with E-state index in [-0.39, 0.29) is 36.7 Å². The average molecular weight is 804 g/mol. The van der Waals surface area contributed by atoms with Crippen LogP contribution in [0.3, 0.4) is 0 Å². The second-order valence-corrected chi connectivity index (χ2v) is 16.8. The Morgan fingerprint density at radius 1 is 0.860 bits per heavy atom. The fourth-order valence-corrected chi connectivity index (χ4v) is 8.71. The molecule has 11 nitrogen and oxygen atoms in total. The van der Waals surface area contributed by atoms with Crippen molar-refractivity contribution in [1.29, 1.82) is 0 Å². The Morgan fingerprint density at radius 2 is 1.58 bits per heavy atom. The first-order valence-corrected chi connectivity index (χ1v) is 21.2. The van der Waals surface area contributed by atoms with Crippen molar-refractivity contribution >= 4 is 27.7 Å². The van der Waals surface area contributed by atoms with Gasteiger partial charge >= 0.3 is 0 Å². The number of rotatable bonds is 15. The number of carbonyl (C=O) groups is 1. The fraction of sp³-hybridized carbons (Fsp3) is 0.250. The number of carbonyl (C=O) groups excluding carboxylic acids is 1. The molecule has 3 N–H and O–H groups in total. The van der Waals surface area contributed by atoms with Crippen LogP contribution in [-0.4, -0.2) is 52.1 Å². The molecule has 0 saturated carbocycles. The van der Waals surface area contributed by atoms with Crippen LogP contribution in [0.1, 0.15) is 52.2 Å². The lowest BCUT2D eigenvalue weighted by Crippen LogP contribution is -2.47. The van der Waals surface area contributed by atoms with E-state index >= 15 is 0 Å². The van der Waals surface area contributed by atoms with Crippen molar-refractivity contribution in [1.82, 2.24) is 24.8 Å². The minimum absolute atomic E-state index is 0.0213. The number of hydrogen-bond donors (Lipinski definition) is 3. The van der Waals surface area contributed by atoms with Gasteiger partial charge in [0.1, 0.15) is 12.4 Å². The Morgan fingerprint density at radius 3 is 2.28 bits per heavy atom. The Bertz CT molecular complexity index is 2360. The van der Waals surface area contributed by atoms with Gasteiger partial charge in [-0.1, -0.05) is 127 Å². The summed E-state index contributed by atoms with van der Waals surface area (Å²) in [6.07, 6.45) is 1.60. The summed E-state index contributed by atoms with van der Waals surface area (Å²) in [5, 5.41) is 21.5. The first kappa shape index (κ1) is 40.1. The first-order chi connectivity index (χ1) is 27.6. The smallest absolute Gasteiger partial charge is 0.241 e. The van der Waals surface area contributed by atoms with Gasteiger partial charge in [-0.2, -0.15) is 4.72 Å². The van der Waals surface area contributed by atoms with E-state index in [4.69, 9.17) is 9.47 Å². The van der Waals surface area contributed by atoms with Crippen LogP contribution in [0.15, 0.2) is 144 Å². The largest absolute Gasteiger partial charge is 0.392 e. The molecule has 0 bridgehead atoms. The first-order valence-electron chi connectivity index (χ1n) is 18.7. The van der Waals surface area contributed by atoms with E-state index in [2.05, 4.69) is 20.2 Å². The minimum atomic E-state index is -3.96. The van der Waals surface area contributed by atoms with Crippen molar-refractivity contribution in [2.45, 2.75) is 67.5 Å². The molecule has 1 fully saturated rings. The summed E-state index contributed by atoms with van der Waals surface area (Å²) < 4.78 is 44.3. The molecule has 0 radical (unpaired) electrons. The number of aliphatic hydroxyl groups excluding tert-OH is 1. The molecule has 1 amide bonds. The summed E-state index contributed by atoms with van der Waals surface area (Å²) in [6.45, 7) is 2.07. The third kappa shape index (κ3) is 10.4. The standard InChI is InChI=1S/C44H45N5O6S2/c1-30-11-21-39(22-12-30)57(52,53)48-40(24-31-7-4-3-5-8-31)42(51)45-26-33-9-6-10-37(23-33)34-17-19-36(20-18-34)43-54-38(28-56-44-47-46-29-49(44)2)25-41(55-43)35-15-13-32(27-50)14-16-35/h3-23,29,38,40-41,43,48,50H,24-28H2,1-2H3,(H,45,51). The number of aliphatic hydroxyl groups is 1. The van der Waals surface area contributed by atoms with E-state index in [1.165, 1.54) is 12.1 Å². The van der Waals surface area contributed by atoms with Crippen LogP contribution in [-0.2, 0) is 50.9 Å². The van der Waals surface area contributed by atoms with Crippen molar-refractivity contribution in [3.05, 3.63) is 167 Å². The fourth-order valence-electron chi connectivity index (χ4n) is 6.61. The molecule has 13 heteroatoms. The lowest BCUT2D eigenvalue weighted by atomic mass is 9.99. The van der Waals surface area contributed by atoms with Gasteiger partial charge in [-0.05, 0) is 64.9 Å². The molecule has 294 valence electrons. The van der Waals surface area contributed by atoms with Gasteiger partial charge in [0.05, 0.1) is 23.7 Å². The maximum atomic E-state index is 13.6. The molecule has 2 heterocycles. The number of hydrogen-bond acceptors (Lipinski definition) is 9. The molecule has 5 aromatic carbocycles. The van der Waals surface area contributed by atoms with E-state index in [0.29, 0.717) is 12.2 Å². The van der Waals surface area contributed by atoms with Crippen LogP contribution in [0.5, 0.6) is 0 Å². The number of benzene rings is 5. The van der Waals surface area contributed by atoms with Crippen molar-refractivity contribution in [3.8, 4) is 11.1 Å². The Balaban J connectivity index is 1.03. The van der Waals surface area contributed by atoms with E-state index in [0.717, 1.165) is 49.7 Å². The third-order valence-corrected chi connectivity index (χ3v) is 12.5. The number of ether oxygens (including phenoxy) is 2. The van der Waals surface area contributed by atoms with Gasteiger partial charge in [0.2, 0.25) is 15.9 Å². The predicted molar refractivity (Wildman–Crippen MR) is 219 cm³/mol. The van der Waals surface area contributed by atoms with Gasteiger partial charge in [-0.15, -0.1) is 10.2 Å². The highest BCUT2D eigenvalue weighted by Gasteiger charge is 2.33. The number of nitrogens with zero attached hydrogens (tertiary/aromatic N) is 3. The van der Waals surface area contributed by atoms with Gasteiger partial charge in [-0.25, -0.2) is 8.42 Å². The highest BCUT2D eigenvalue weighted by Crippen LogP contribution is 2.39. The number of nitrogens with one attached hydrogen (secondary N) is 2. The van der Waals surface area contributed by atoms with Crippen LogP contribution in [0.2, 0.25) is 0 Å². The van der Waals surface area contributed by atoms with Crippen molar-refractivity contribution in [2.75, 3.05) is 5.75 Å². The average Bonchev–Trinajstić information content (AvgIpc) is 3.66. The van der Waals surface area contributed by atoms with Crippen molar-refractivity contribution < 1.29 is 27.8 Å². The van der Waals surface area contributed by atoms with Gasteiger partial charge in [0, 0.05) is 31.3 Å². The summed E-state index contributed by atoms with van der Waals surface area (Å²) in [6, 6.07) is 38.6. The normalized spacial score (nSPS) is 17.6. The third-order valence-electron chi connectivity index (χ3n) is 9.82. The second kappa shape index (κ2) is 18.4. The van der Waals surface area contributed by atoms with Crippen LogP contribution in [0, 0.1) is 6.92 Å². The van der Waals surface area contributed by atoms with Gasteiger partial charge in [0.15, 0.2) is 11.4 Å². The van der Waals surface area contributed by atoms with Gasteiger partial charge in [-0.3, -0.25) is 4.79 Å². The number of aryl methyl sites for hydroxylation is 2. The summed E-state index contributed by atoms with van der Waals surface area (Å²) in [7, 11) is -2.04. The summed E-state index contributed by atoms with van der Waals surface area (Å²) in [5.74, 6) is 0.248. The molecule has 4 atom stereocenters. The lowest BCUT2D eigenvalue weighted by Gasteiger charge is -2.36. The maximum Gasteiger partial charge on any atom is 0.241 e. The Labute approximate surface area is 337 Å². The molecular formula is C44H45N5O6S2. The van der Waals surface area contributed by atoms with Crippen LogP contribution >= 0.6 is 11.8 Å². The molecule has 0 aliphatic carbocycles. The number of thioether (sulfide) groups is 1. The highest BCUT2D eigenvalue weighted by atomic mass is 32.2. The highest BCUT2D eigenvalue weighted by molar-refractivity contribution is 7.99. The molecule has 1 aliphatic rings. The van der Waals surface area contributed by atoms with E-state index in [1.807, 2.05) is 122 Å². The SMILES string of the molecule is Cc1ccc(S(=O)(=O)NC(Cc2ccccc2)C(=O)NCc2cccc(-c3ccc(C4OC(CSc5nncn5C)CC(c5ccc(CO)cc5)O4)cc3)c2)cc1. The van der Waals surface area contributed by atoms with E-state index in [1.54, 1.807) is 30.2 Å². The summed E-state index contributed by atoms with van der Waals surface area (Å²) in [5.41, 5.74) is 7.31. The summed E-state index contributed by atoms with van der Waals surface area (Å²) >= 11 is 1.59. The Hall–Kier alpha value is -5.15. The minimum Gasteiger partial charge on any atom is -0.392 e. The molecule has 0 spiro atoms. The molecular weight excluding hydrogens is 759 g/mol. The van der Waals surface area contributed by atoms with Crippen molar-refractivity contribution in [2.24, 2.45) is 7.05 Å². The maximum absolute atomic E-state index is 13.6. The molecule has 4 unspecified atom stereocenters. The number of aromatic nitrogens is 3. The van der Waals surface area contributed by atoms with Crippen LogP contribution < -0.4 is 10.0 Å². The van der Waals surface area contributed by atoms with Gasteiger partial charge in [0.25, 0.3) is 0 Å². The second-order valence-electron chi connectivity index (χ2n) is 14.1. The molecule has 1 saturated heterocycles. The number of sulfonamides is 1. The zero-order valence-electron chi connectivity index (χ0n) is 31.7. The topological polar surface area (TPSA) is 145 Å². The molecule has 1 aliphatic heterocycles. The monoisotopic (exact) mass is 803 g/mol. The molecule has 7 rings (SSSR count). The van der Waals surface area contributed by atoms with E-state index in [9.17, 15) is 18.3 Å². The zero-order valence-corrected chi connectivity index (χ0v) is 33.3. The van der Waals surface area contributed by atoms with Gasteiger partial charge < -0.3 is 24.5 Å².